The summed E-state index contributed by atoms with van der Waals surface area (Å²) in [7, 11) is 0. The van der Waals surface area contributed by atoms with Crippen molar-refractivity contribution in [3.05, 3.63) is 48.0 Å². The molecule has 0 saturated carbocycles. The zero-order valence-electron chi connectivity index (χ0n) is 11.2. The summed E-state index contributed by atoms with van der Waals surface area (Å²) in [6.45, 7) is 6.50. The van der Waals surface area contributed by atoms with Crippen LogP contribution in [0.1, 0.15) is 37.3 Å². The van der Waals surface area contributed by atoms with Gasteiger partial charge in [0.05, 0.1) is 6.42 Å². The molecular weight excluding hydrogens is 222 g/mol. The SMILES string of the molecule is C=CCCNC(=O)Cc1ccc(CCCC)cc1. The number of unbranched alkanes of at least 4 members (excludes halogenated alkanes) is 1. The monoisotopic (exact) mass is 245 g/mol. The standard InChI is InChI=1S/C16H23NO/c1-3-5-7-14-8-10-15(11-9-14)13-16(18)17-12-6-4-2/h4,8-11H,2-3,5-7,12-13H2,1H3,(H,17,18). The average molecular weight is 245 g/mol. The molecule has 0 heterocycles. The molecule has 1 aromatic rings. The molecule has 0 aliphatic heterocycles. The maximum Gasteiger partial charge on any atom is 0.224 e. The number of hydrogen-bond acceptors (Lipinski definition) is 1. The molecule has 0 aliphatic rings. The first-order chi connectivity index (χ1) is 8.76. The van der Waals surface area contributed by atoms with E-state index in [1.54, 1.807) is 0 Å². The molecule has 0 bridgehead atoms. The smallest absolute Gasteiger partial charge is 0.224 e. The number of amides is 1. The highest BCUT2D eigenvalue weighted by Gasteiger charge is 2.02. The van der Waals surface area contributed by atoms with Crippen LogP contribution in [0.3, 0.4) is 0 Å². The average Bonchev–Trinajstić information content (AvgIpc) is 2.38. The Labute approximate surface area is 110 Å². The summed E-state index contributed by atoms with van der Waals surface area (Å²) in [6, 6.07) is 8.36. The van der Waals surface area contributed by atoms with Gasteiger partial charge in [0.2, 0.25) is 5.91 Å². The fourth-order valence-corrected chi connectivity index (χ4v) is 1.77. The summed E-state index contributed by atoms with van der Waals surface area (Å²) < 4.78 is 0. The first-order valence-corrected chi connectivity index (χ1v) is 6.71. The number of aryl methyl sites for hydroxylation is 1. The van der Waals surface area contributed by atoms with E-state index in [1.165, 1.54) is 18.4 Å². The van der Waals surface area contributed by atoms with Gasteiger partial charge in [-0.15, -0.1) is 6.58 Å². The first kappa shape index (κ1) is 14.5. The largest absolute Gasteiger partial charge is 0.356 e. The van der Waals surface area contributed by atoms with Crippen LogP contribution in [0.25, 0.3) is 0 Å². The molecule has 0 aromatic heterocycles. The maximum absolute atomic E-state index is 11.6. The normalized spacial score (nSPS) is 10.1. The molecule has 0 unspecified atom stereocenters. The predicted octanol–water partition coefficient (Wildman–Crippen LogP) is 3.26. The van der Waals surface area contributed by atoms with Crippen LogP contribution in [0.15, 0.2) is 36.9 Å². The third-order valence-electron chi connectivity index (χ3n) is 2.88. The topological polar surface area (TPSA) is 29.1 Å². The van der Waals surface area contributed by atoms with Crippen molar-refractivity contribution < 1.29 is 4.79 Å². The Kier molecular flexibility index (Phi) is 6.85. The second-order valence-electron chi connectivity index (χ2n) is 4.52. The molecule has 2 heteroatoms. The molecule has 98 valence electrons. The lowest BCUT2D eigenvalue weighted by molar-refractivity contribution is -0.120. The van der Waals surface area contributed by atoms with Crippen molar-refractivity contribution in [3.8, 4) is 0 Å². The number of rotatable bonds is 8. The van der Waals surface area contributed by atoms with Crippen molar-refractivity contribution in [1.29, 1.82) is 0 Å². The highest BCUT2D eigenvalue weighted by Crippen LogP contribution is 2.08. The van der Waals surface area contributed by atoms with Crippen molar-refractivity contribution in [2.75, 3.05) is 6.54 Å². The van der Waals surface area contributed by atoms with Crippen molar-refractivity contribution in [2.24, 2.45) is 0 Å². The Hall–Kier alpha value is -1.57. The highest BCUT2D eigenvalue weighted by molar-refractivity contribution is 5.78. The van der Waals surface area contributed by atoms with E-state index in [0.717, 1.165) is 18.4 Å². The van der Waals surface area contributed by atoms with Crippen LogP contribution in [-0.4, -0.2) is 12.5 Å². The first-order valence-electron chi connectivity index (χ1n) is 6.71. The van der Waals surface area contributed by atoms with E-state index < -0.39 is 0 Å². The van der Waals surface area contributed by atoms with Gasteiger partial charge in [-0.05, 0) is 30.4 Å². The van der Waals surface area contributed by atoms with Gasteiger partial charge in [0, 0.05) is 6.54 Å². The van der Waals surface area contributed by atoms with E-state index in [0.29, 0.717) is 13.0 Å². The van der Waals surface area contributed by atoms with E-state index >= 15 is 0 Å². The summed E-state index contributed by atoms with van der Waals surface area (Å²) in [4.78, 5) is 11.6. The van der Waals surface area contributed by atoms with Gasteiger partial charge in [0.1, 0.15) is 0 Å². The second-order valence-corrected chi connectivity index (χ2v) is 4.52. The quantitative estimate of drug-likeness (QED) is 0.553. The molecule has 0 atom stereocenters. The Bertz CT molecular complexity index is 367. The minimum atomic E-state index is 0.0816. The third kappa shape index (κ3) is 5.67. The minimum absolute atomic E-state index is 0.0816. The van der Waals surface area contributed by atoms with Crippen LogP contribution in [0.5, 0.6) is 0 Å². The van der Waals surface area contributed by atoms with Gasteiger partial charge in [0.15, 0.2) is 0 Å². The molecule has 1 amide bonds. The van der Waals surface area contributed by atoms with Gasteiger partial charge < -0.3 is 5.32 Å². The van der Waals surface area contributed by atoms with E-state index in [1.807, 2.05) is 6.08 Å². The van der Waals surface area contributed by atoms with Crippen molar-refractivity contribution in [1.82, 2.24) is 5.32 Å². The van der Waals surface area contributed by atoms with Crippen LogP contribution in [0.2, 0.25) is 0 Å². The predicted molar refractivity (Wildman–Crippen MR) is 76.6 cm³/mol. The molecule has 1 rings (SSSR count). The maximum atomic E-state index is 11.6. The number of hydrogen-bond donors (Lipinski definition) is 1. The molecule has 0 spiro atoms. The van der Waals surface area contributed by atoms with Crippen molar-refractivity contribution >= 4 is 5.91 Å². The molecular formula is C16H23NO. The Morgan fingerprint density at radius 1 is 1.28 bits per heavy atom. The van der Waals surface area contributed by atoms with Gasteiger partial charge in [-0.25, -0.2) is 0 Å². The minimum Gasteiger partial charge on any atom is -0.356 e. The molecule has 0 saturated heterocycles. The van der Waals surface area contributed by atoms with Gasteiger partial charge >= 0.3 is 0 Å². The molecule has 0 aliphatic carbocycles. The van der Waals surface area contributed by atoms with Crippen LogP contribution < -0.4 is 5.32 Å². The summed E-state index contributed by atoms with van der Waals surface area (Å²) in [5.41, 5.74) is 2.43. The fourth-order valence-electron chi connectivity index (χ4n) is 1.77. The molecule has 2 nitrogen and oxygen atoms in total. The number of benzene rings is 1. The summed E-state index contributed by atoms with van der Waals surface area (Å²) in [6.07, 6.45) is 6.66. The van der Waals surface area contributed by atoms with Crippen LogP contribution in [0, 0.1) is 0 Å². The molecule has 1 N–H and O–H groups in total. The third-order valence-corrected chi connectivity index (χ3v) is 2.88. The zero-order valence-corrected chi connectivity index (χ0v) is 11.2. The van der Waals surface area contributed by atoms with Crippen LogP contribution in [0.4, 0.5) is 0 Å². The fraction of sp³-hybridized carbons (Fsp3) is 0.438. The van der Waals surface area contributed by atoms with E-state index in [2.05, 4.69) is 43.1 Å². The highest BCUT2D eigenvalue weighted by atomic mass is 16.1. The van der Waals surface area contributed by atoms with Crippen LogP contribution >= 0.6 is 0 Å². The molecule has 18 heavy (non-hydrogen) atoms. The summed E-state index contributed by atoms with van der Waals surface area (Å²) in [5.74, 6) is 0.0816. The summed E-state index contributed by atoms with van der Waals surface area (Å²) in [5, 5.41) is 2.87. The van der Waals surface area contributed by atoms with E-state index in [-0.39, 0.29) is 5.91 Å². The lowest BCUT2D eigenvalue weighted by atomic mass is 10.0. The lowest BCUT2D eigenvalue weighted by Crippen LogP contribution is -2.25. The van der Waals surface area contributed by atoms with Gasteiger partial charge in [-0.1, -0.05) is 43.7 Å². The van der Waals surface area contributed by atoms with Crippen molar-refractivity contribution in [2.45, 2.75) is 39.0 Å². The Morgan fingerprint density at radius 2 is 1.94 bits per heavy atom. The number of carbonyl (C=O) groups is 1. The lowest BCUT2D eigenvalue weighted by Gasteiger charge is -2.05. The zero-order chi connectivity index (χ0) is 13.2. The van der Waals surface area contributed by atoms with Gasteiger partial charge in [0.25, 0.3) is 0 Å². The van der Waals surface area contributed by atoms with Crippen molar-refractivity contribution in [3.63, 3.8) is 0 Å². The van der Waals surface area contributed by atoms with Gasteiger partial charge in [-0.3, -0.25) is 4.79 Å². The second kappa shape index (κ2) is 8.51. The molecule has 0 radical (unpaired) electrons. The summed E-state index contributed by atoms with van der Waals surface area (Å²) >= 11 is 0. The van der Waals surface area contributed by atoms with E-state index in [4.69, 9.17) is 0 Å². The Morgan fingerprint density at radius 3 is 2.56 bits per heavy atom. The molecule has 1 aromatic carbocycles. The molecule has 0 fully saturated rings. The number of carbonyl (C=O) groups excluding carboxylic acids is 1. The van der Waals surface area contributed by atoms with Crippen LogP contribution in [-0.2, 0) is 17.6 Å². The van der Waals surface area contributed by atoms with E-state index in [9.17, 15) is 4.79 Å². The Balaban J connectivity index is 2.38. The van der Waals surface area contributed by atoms with Gasteiger partial charge in [-0.2, -0.15) is 0 Å². The number of nitrogens with one attached hydrogen (secondary N) is 1.